The molecule has 2 aromatic rings. The Hall–Kier alpha value is -1.81. The number of aryl methyl sites for hydroxylation is 1. The third-order valence-corrected chi connectivity index (χ3v) is 3.65. The lowest BCUT2D eigenvalue weighted by Crippen LogP contribution is -2.29. The van der Waals surface area contributed by atoms with Gasteiger partial charge in [0.15, 0.2) is 0 Å². The Morgan fingerprint density at radius 3 is 2.57 bits per heavy atom. The minimum atomic E-state index is 0.0173. The average Bonchev–Trinajstić information content (AvgIpc) is 2.48. The molecule has 0 bridgehead atoms. The van der Waals surface area contributed by atoms with Gasteiger partial charge in [-0.1, -0.05) is 40.2 Å². The molecule has 1 amide bonds. The molecule has 1 N–H and O–H groups in total. The van der Waals surface area contributed by atoms with Crippen LogP contribution in [0, 0.1) is 6.92 Å². The van der Waals surface area contributed by atoms with Crippen molar-refractivity contribution >= 4 is 21.8 Å². The van der Waals surface area contributed by atoms with E-state index in [9.17, 15) is 4.79 Å². The van der Waals surface area contributed by atoms with Crippen LogP contribution in [0.25, 0.3) is 0 Å². The van der Waals surface area contributed by atoms with Gasteiger partial charge in [0.05, 0.1) is 13.0 Å². The molecule has 0 aromatic heterocycles. The van der Waals surface area contributed by atoms with Gasteiger partial charge in [0.2, 0.25) is 5.91 Å². The van der Waals surface area contributed by atoms with Crippen molar-refractivity contribution < 1.29 is 9.53 Å². The van der Waals surface area contributed by atoms with Gasteiger partial charge in [-0.15, -0.1) is 0 Å². The zero-order valence-corrected chi connectivity index (χ0v) is 13.5. The second-order valence-electron chi connectivity index (χ2n) is 4.76. The molecule has 21 heavy (non-hydrogen) atoms. The van der Waals surface area contributed by atoms with Crippen LogP contribution in [0.4, 0.5) is 0 Å². The van der Waals surface area contributed by atoms with Crippen LogP contribution < -0.4 is 10.1 Å². The third-order valence-electron chi connectivity index (χ3n) is 3.12. The first-order valence-electron chi connectivity index (χ1n) is 6.85. The fourth-order valence-corrected chi connectivity index (χ4v) is 2.20. The number of rotatable bonds is 6. The predicted molar refractivity (Wildman–Crippen MR) is 87.5 cm³/mol. The number of halogens is 1. The zero-order chi connectivity index (χ0) is 15.1. The molecule has 2 aromatic carbocycles. The van der Waals surface area contributed by atoms with E-state index in [1.807, 2.05) is 55.5 Å². The largest absolute Gasteiger partial charge is 0.492 e. The molecule has 0 spiro atoms. The Morgan fingerprint density at radius 1 is 1.14 bits per heavy atom. The summed E-state index contributed by atoms with van der Waals surface area (Å²) in [6, 6.07) is 15.5. The normalized spacial score (nSPS) is 10.2. The quantitative estimate of drug-likeness (QED) is 0.812. The van der Waals surface area contributed by atoms with Gasteiger partial charge >= 0.3 is 0 Å². The molecule has 0 atom stereocenters. The van der Waals surface area contributed by atoms with Crippen molar-refractivity contribution in [1.29, 1.82) is 0 Å². The summed E-state index contributed by atoms with van der Waals surface area (Å²) in [5, 5.41) is 2.87. The van der Waals surface area contributed by atoms with Crippen LogP contribution in [0.15, 0.2) is 53.0 Å². The molecule has 0 unspecified atom stereocenters. The van der Waals surface area contributed by atoms with Crippen molar-refractivity contribution in [2.45, 2.75) is 13.3 Å². The maximum absolute atomic E-state index is 11.8. The molecule has 2 rings (SSSR count). The summed E-state index contributed by atoms with van der Waals surface area (Å²) in [5.74, 6) is 0.815. The number of hydrogen-bond acceptors (Lipinski definition) is 2. The Balaban J connectivity index is 1.70. The van der Waals surface area contributed by atoms with E-state index in [0.717, 1.165) is 21.3 Å². The topological polar surface area (TPSA) is 38.3 Å². The van der Waals surface area contributed by atoms with E-state index in [2.05, 4.69) is 21.2 Å². The van der Waals surface area contributed by atoms with Gasteiger partial charge in [-0.3, -0.25) is 4.79 Å². The molecule has 0 aliphatic heterocycles. The standard InChI is InChI=1S/C17H18BrNO2/c1-13-4-2-3-5-14(13)12-17(20)19-10-11-21-16-8-6-15(18)7-9-16/h2-9H,10-12H2,1H3,(H,19,20). The molecule has 3 nitrogen and oxygen atoms in total. The highest BCUT2D eigenvalue weighted by atomic mass is 79.9. The maximum Gasteiger partial charge on any atom is 0.224 e. The summed E-state index contributed by atoms with van der Waals surface area (Å²) < 4.78 is 6.56. The number of amides is 1. The molecule has 0 radical (unpaired) electrons. The van der Waals surface area contributed by atoms with Crippen LogP contribution in [-0.2, 0) is 11.2 Å². The van der Waals surface area contributed by atoms with Crippen molar-refractivity contribution in [3.05, 3.63) is 64.1 Å². The third kappa shape index (κ3) is 5.23. The smallest absolute Gasteiger partial charge is 0.224 e. The van der Waals surface area contributed by atoms with Crippen molar-refractivity contribution in [3.8, 4) is 5.75 Å². The Morgan fingerprint density at radius 2 is 1.86 bits per heavy atom. The summed E-state index contributed by atoms with van der Waals surface area (Å²) >= 11 is 3.37. The van der Waals surface area contributed by atoms with E-state index in [4.69, 9.17) is 4.74 Å². The number of carbonyl (C=O) groups excluding carboxylic acids is 1. The van der Waals surface area contributed by atoms with E-state index in [-0.39, 0.29) is 5.91 Å². The van der Waals surface area contributed by atoms with E-state index < -0.39 is 0 Å². The summed E-state index contributed by atoms with van der Waals surface area (Å²) in [6.45, 7) is 2.97. The van der Waals surface area contributed by atoms with Gasteiger partial charge < -0.3 is 10.1 Å². The molecule has 0 aliphatic carbocycles. The molecule has 4 heteroatoms. The lowest BCUT2D eigenvalue weighted by Gasteiger charge is -2.09. The summed E-state index contributed by atoms with van der Waals surface area (Å²) in [7, 11) is 0. The SMILES string of the molecule is Cc1ccccc1CC(=O)NCCOc1ccc(Br)cc1. The molecule has 0 saturated heterocycles. The predicted octanol–water partition coefficient (Wildman–Crippen LogP) is 3.50. The van der Waals surface area contributed by atoms with Crippen LogP contribution in [0.1, 0.15) is 11.1 Å². The van der Waals surface area contributed by atoms with Gasteiger partial charge in [0, 0.05) is 4.47 Å². The van der Waals surface area contributed by atoms with Gasteiger partial charge in [-0.25, -0.2) is 0 Å². The highest BCUT2D eigenvalue weighted by Crippen LogP contribution is 2.15. The first kappa shape index (κ1) is 15.6. The Labute approximate surface area is 133 Å². The number of carbonyl (C=O) groups is 1. The summed E-state index contributed by atoms with van der Waals surface area (Å²) in [4.78, 5) is 11.8. The number of hydrogen-bond donors (Lipinski definition) is 1. The van der Waals surface area contributed by atoms with Crippen LogP contribution >= 0.6 is 15.9 Å². The molecule has 110 valence electrons. The number of ether oxygens (including phenoxy) is 1. The van der Waals surface area contributed by atoms with Crippen molar-refractivity contribution in [3.63, 3.8) is 0 Å². The molecule has 0 fully saturated rings. The van der Waals surface area contributed by atoms with Gasteiger partial charge in [0.1, 0.15) is 12.4 Å². The molecule has 0 saturated carbocycles. The van der Waals surface area contributed by atoms with Crippen LogP contribution in [-0.4, -0.2) is 19.1 Å². The Bertz CT molecular complexity index is 596. The van der Waals surface area contributed by atoms with E-state index >= 15 is 0 Å². The maximum atomic E-state index is 11.8. The van der Waals surface area contributed by atoms with Crippen LogP contribution in [0.2, 0.25) is 0 Å². The zero-order valence-electron chi connectivity index (χ0n) is 11.9. The fourth-order valence-electron chi connectivity index (χ4n) is 1.93. The minimum absolute atomic E-state index is 0.0173. The fraction of sp³-hybridized carbons (Fsp3) is 0.235. The van der Waals surface area contributed by atoms with Crippen LogP contribution in [0.3, 0.4) is 0 Å². The van der Waals surface area contributed by atoms with Gasteiger partial charge in [0.25, 0.3) is 0 Å². The molecular weight excluding hydrogens is 330 g/mol. The number of nitrogens with one attached hydrogen (secondary N) is 1. The second-order valence-corrected chi connectivity index (χ2v) is 5.67. The average molecular weight is 348 g/mol. The van der Waals surface area contributed by atoms with Crippen molar-refractivity contribution in [2.75, 3.05) is 13.2 Å². The first-order chi connectivity index (χ1) is 10.1. The van der Waals surface area contributed by atoms with E-state index in [1.54, 1.807) is 0 Å². The molecular formula is C17H18BrNO2. The summed E-state index contributed by atoms with van der Waals surface area (Å²) in [5.41, 5.74) is 2.20. The minimum Gasteiger partial charge on any atom is -0.492 e. The van der Waals surface area contributed by atoms with Crippen LogP contribution in [0.5, 0.6) is 5.75 Å². The van der Waals surface area contributed by atoms with Gasteiger partial charge in [-0.2, -0.15) is 0 Å². The van der Waals surface area contributed by atoms with Crippen molar-refractivity contribution in [1.82, 2.24) is 5.32 Å². The van der Waals surface area contributed by atoms with E-state index in [1.165, 1.54) is 0 Å². The lowest BCUT2D eigenvalue weighted by atomic mass is 10.1. The van der Waals surface area contributed by atoms with Gasteiger partial charge in [-0.05, 0) is 42.3 Å². The lowest BCUT2D eigenvalue weighted by molar-refractivity contribution is -0.120. The summed E-state index contributed by atoms with van der Waals surface area (Å²) in [6.07, 6.45) is 0.408. The molecule has 0 heterocycles. The van der Waals surface area contributed by atoms with Crippen molar-refractivity contribution in [2.24, 2.45) is 0 Å². The second kappa shape index (κ2) is 7.84. The highest BCUT2D eigenvalue weighted by molar-refractivity contribution is 9.10. The molecule has 0 aliphatic rings. The van der Waals surface area contributed by atoms with E-state index in [0.29, 0.717) is 19.6 Å². The highest BCUT2D eigenvalue weighted by Gasteiger charge is 2.04. The Kier molecular flexibility index (Phi) is 5.81. The first-order valence-corrected chi connectivity index (χ1v) is 7.64. The number of benzene rings is 2. The monoisotopic (exact) mass is 347 g/mol.